The van der Waals surface area contributed by atoms with E-state index in [-0.39, 0.29) is 5.92 Å². The highest BCUT2D eigenvalue weighted by molar-refractivity contribution is 5.65. The average molecular weight is 192 g/mol. The molecule has 14 heavy (non-hydrogen) atoms. The molecule has 0 N–H and O–H groups in total. The molecule has 0 amide bonds. The quantitative estimate of drug-likeness (QED) is 0.685. The summed E-state index contributed by atoms with van der Waals surface area (Å²) in [6, 6.07) is 5.90. The number of carbonyl (C=O) groups excluding carboxylic acids is 1. The van der Waals surface area contributed by atoms with Gasteiger partial charge >= 0.3 is 0 Å². The zero-order valence-electron chi connectivity index (χ0n) is 8.91. The molecule has 76 valence electrons. The lowest BCUT2D eigenvalue weighted by atomic mass is 9.95. The van der Waals surface area contributed by atoms with Crippen LogP contribution in [0.25, 0.3) is 0 Å². The maximum atomic E-state index is 10.9. The minimum Gasteiger partial charge on any atom is -0.496 e. The van der Waals surface area contributed by atoms with E-state index in [0.717, 1.165) is 29.6 Å². The molecule has 1 atom stereocenters. The van der Waals surface area contributed by atoms with Crippen LogP contribution < -0.4 is 4.74 Å². The fourth-order valence-corrected chi connectivity index (χ4v) is 1.64. The molecule has 0 aliphatic carbocycles. The molecule has 0 bridgehead atoms. The predicted octanol–water partition coefficient (Wildman–Crippen LogP) is 2.70. The van der Waals surface area contributed by atoms with Crippen molar-refractivity contribution in [2.24, 2.45) is 0 Å². The Bertz CT molecular complexity index is 318. The third-order valence-electron chi connectivity index (χ3n) is 2.45. The number of ether oxygens (including phenoxy) is 1. The Labute approximate surface area is 84.9 Å². The maximum absolute atomic E-state index is 10.9. The number of hydrogen-bond acceptors (Lipinski definition) is 2. The van der Waals surface area contributed by atoms with Crippen molar-refractivity contribution in [3.63, 3.8) is 0 Å². The summed E-state index contributed by atoms with van der Waals surface area (Å²) < 4.78 is 5.30. The summed E-state index contributed by atoms with van der Waals surface area (Å²) in [5.41, 5.74) is 2.07. The number of carbonyl (C=O) groups is 1. The van der Waals surface area contributed by atoms with Crippen LogP contribution in [-0.2, 0) is 4.79 Å². The first-order chi connectivity index (χ1) is 6.74. The molecule has 0 aromatic heterocycles. The number of aldehydes is 1. The van der Waals surface area contributed by atoms with Crippen molar-refractivity contribution in [3.05, 3.63) is 29.3 Å². The van der Waals surface area contributed by atoms with Crippen LogP contribution in [0.2, 0.25) is 0 Å². The lowest BCUT2D eigenvalue weighted by Gasteiger charge is -2.14. The van der Waals surface area contributed by atoms with Crippen molar-refractivity contribution < 1.29 is 9.53 Å². The molecule has 0 heterocycles. The summed E-state index contributed by atoms with van der Waals surface area (Å²) in [6.45, 7) is 3.99. The molecule has 0 aliphatic heterocycles. The lowest BCUT2D eigenvalue weighted by Crippen LogP contribution is -2.02. The molecule has 1 aromatic rings. The molecular weight excluding hydrogens is 176 g/mol. The predicted molar refractivity (Wildman–Crippen MR) is 56.8 cm³/mol. The minimum atomic E-state index is -0.0511. The fourth-order valence-electron chi connectivity index (χ4n) is 1.64. The van der Waals surface area contributed by atoms with Gasteiger partial charge in [-0.1, -0.05) is 25.1 Å². The summed E-state index contributed by atoms with van der Waals surface area (Å²) in [5, 5.41) is 0. The average Bonchev–Trinajstić information content (AvgIpc) is 2.20. The van der Waals surface area contributed by atoms with Crippen LogP contribution in [0.4, 0.5) is 0 Å². The van der Waals surface area contributed by atoms with E-state index in [0.29, 0.717) is 0 Å². The van der Waals surface area contributed by atoms with Gasteiger partial charge < -0.3 is 9.53 Å². The van der Waals surface area contributed by atoms with Gasteiger partial charge in [0.25, 0.3) is 0 Å². The summed E-state index contributed by atoms with van der Waals surface area (Å²) in [6.07, 6.45) is 1.79. The van der Waals surface area contributed by atoms with Crippen molar-refractivity contribution in [3.8, 4) is 5.75 Å². The van der Waals surface area contributed by atoms with E-state index in [1.165, 1.54) is 0 Å². The van der Waals surface area contributed by atoms with Gasteiger partial charge in [0.05, 0.1) is 7.11 Å². The van der Waals surface area contributed by atoms with E-state index in [1.807, 2.05) is 32.0 Å². The summed E-state index contributed by atoms with van der Waals surface area (Å²) in [4.78, 5) is 10.9. The third-order valence-corrected chi connectivity index (χ3v) is 2.45. The summed E-state index contributed by atoms with van der Waals surface area (Å²) in [7, 11) is 1.64. The van der Waals surface area contributed by atoms with Crippen LogP contribution in [0.5, 0.6) is 5.75 Å². The molecule has 0 spiro atoms. The number of rotatable bonds is 4. The van der Waals surface area contributed by atoms with Gasteiger partial charge in [0.2, 0.25) is 0 Å². The fraction of sp³-hybridized carbons (Fsp3) is 0.417. The Hall–Kier alpha value is -1.31. The molecule has 0 fully saturated rings. The van der Waals surface area contributed by atoms with Crippen molar-refractivity contribution in [1.82, 2.24) is 0 Å². The first kappa shape index (κ1) is 10.8. The van der Waals surface area contributed by atoms with Crippen molar-refractivity contribution in [1.29, 1.82) is 0 Å². The van der Waals surface area contributed by atoms with Gasteiger partial charge in [-0.3, -0.25) is 0 Å². The highest BCUT2D eigenvalue weighted by atomic mass is 16.5. The van der Waals surface area contributed by atoms with Crippen molar-refractivity contribution in [2.75, 3.05) is 7.11 Å². The summed E-state index contributed by atoms with van der Waals surface area (Å²) >= 11 is 0. The molecule has 0 saturated heterocycles. The second-order valence-corrected chi connectivity index (χ2v) is 3.35. The first-order valence-corrected chi connectivity index (χ1v) is 4.83. The van der Waals surface area contributed by atoms with Gasteiger partial charge in [0, 0.05) is 11.5 Å². The Morgan fingerprint density at radius 3 is 2.71 bits per heavy atom. The van der Waals surface area contributed by atoms with Crippen LogP contribution >= 0.6 is 0 Å². The van der Waals surface area contributed by atoms with Gasteiger partial charge in [-0.05, 0) is 18.9 Å². The molecule has 1 rings (SSSR count). The Morgan fingerprint density at radius 2 is 2.21 bits per heavy atom. The van der Waals surface area contributed by atoms with E-state index in [2.05, 4.69) is 0 Å². The highest BCUT2D eigenvalue weighted by Gasteiger charge is 2.14. The van der Waals surface area contributed by atoms with Gasteiger partial charge in [-0.25, -0.2) is 0 Å². The first-order valence-electron chi connectivity index (χ1n) is 4.83. The molecule has 0 saturated carbocycles. The van der Waals surface area contributed by atoms with Crippen LogP contribution in [0.1, 0.15) is 30.4 Å². The molecule has 1 aromatic carbocycles. The lowest BCUT2D eigenvalue weighted by molar-refractivity contribution is -0.109. The topological polar surface area (TPSA) is 26.3 Å². The van der Waals surface area contributed by atoms with Gasteiger partial charge in [0.1, 0.15) is 12.0 Å². The van der Waals surface area contributed by atoms with Crippen LogP contribution in [0.3, 0.4) is 0 Å². The third kappa shape index (κ3) is 1.95. The van der Waals surface area contributed by atoms with Crippen molar-refractivity contribution >= 4 is 6.29 Å². The number of aryl methyl sites for hydroxylation is 1. The monoisotopic (exact) mass is 192 g/mol. The van der Waals surface area contributed by atoms with Crippen molar-refractivity contribution in [2.45, 2.75) is 26.2 Å². The molecular formula is C12H16O2. The zero-order valence-corrected chi connectivity index (χ0v) is 8.91. The SMILES string of the molecule is CCC(C=O)c1cccc(C)c1OC. The van der Waals surface area contributed by atoms with E-state index in [1.54, 1.807) is 7.11 Å². The van der Waals surface area contributed by atoms with E-state index < -0.39 is 0 Å². The molecule has 0 aliphatic rings. The van der Waals surface area contributed by atoms with Gasteiger partial charge in [-0.2, -0.15) is 0 Å². The van der Waals surface area contributed by atoms with E-state index in [4.69, 9.17) is 4.74 Å². The van der Waals surface area contributed by atoms with Gasteiger partial charge in [0.15, 0.2) is 0 Å². The van der Waals surface area contributed by atoms with Crippen LogP contribution in [0, 0.1) is 6.92 Å². The molecule has 1 unspecified atom stereocenters. The Morgan fingerprint density at radius 1 is 1.50 bits per heavy atom. The van der Waals surface area contributed by atoms with E-state index in [9.17, 15) is 4.79 Å². The van der Waals surface area contributed by atoms with Crippen LogP contribution in [0.15, 0.2) is 18.2 Å². The molecule has 0 radical (unpaired) electrons. The van der Waals surface area contributed by atoms with Gasteiger partial charge in [-0.15, -0.1) is 0 Å². The standard InChI is InChI=1S/C12H16O2/c1-4-10(8-13)11-7-5-6-9(2)12(11)14-3/h5-8,10H,4H2,1-3H3. The zero-order chi connectivity index (χ0) is 10.6. The molecule has 2 heteroatoms. The molecule has 2 nitrogen and oxygen atoms in total. The number of benzene rings is 1. The number of hydrogen-bond donors (Lipinski definition) is 0. The Kier molecular flexibility index (Phi) is 3.69. The normalized spacial score (nSPS) is 12.2. The number of para-hydroxylation sites is 1. The minimum absolute atomic E-state index is 0.0511. The van der Waals surface area contributed by atoms with E-state index >= 15 is 0 Å². The second-order valence-electron chi connectivity index (χ2n) is 3.35. The second kappa shape index (κ2) is 4.80. The smallest absolute Gasteiger partial charge is 0.127 e. The summed E-state index contributed by atoms with van der Waals surface area (Å²) in [5.74, 6) is 0.788. The largest absolute Gasteiger partial charge is 0.496 e. The Balaban J connectivity index is 3.18. The van der Waals surface area contributed by atoms with Crippen LogP contribution in [-0.4, -0.2) is 13.4 Å². The highest BCUT2D eigenvalue weighted by Crippen LogP contribution is 2.30. The maximum Gasteiger partial charge on any atom is 0.127 e. The number of methoxy groups -OCH3 is 1.